The summed E-state index contributed by atoms with van der Waals surface area (Å²) < 4.78 is 0. The van der Waals surface area contributed by atoms with Gasteiger partial charge in [-0.15, -0.1) is 24.8 Å². The van der Waals surface area contributed by atoms with Gasteiger partial charge in [0.2, 0.25) is 0 Å². The van der Waals surface area contributed by atoms with Crippen LogP contribution in [0, 0.1) is 0 Å². The van der Waals surface area contributed by atoms with Gasteiger partial charge in [-0.3, -0.25) is 14.7 Å². The van der Waals surface area contributed by atoms with Crippen LogP contribution in [0.15, 0.2) is 48.8 Å². The van der Waals surface area contributed by atoms with E-state index in [1.807, 2.05) is 12.4 Å². The Hall–Kier alpha value is -1.82. The summed E-state index contributed by atoms with van der Waals surface area (Å²) in [4.78, 5) is 19.5. The quantitative estimate of drug-likeness (QED) is 0.646. The molecule has 0 bridgehead atoms. The van der Waals surface area contributed by atoms with Crippen LogP contribution < -0.4 is 4.90 Å². The topological polar surface area (TPSA) is 56.7 Å². The first-order chi connectivity index (χ1) is 12.7. The number of pyridine rings is 1. The van der Waals surface area contributed by atoms with Gasteiger partial charge in [-0.25, -0.2) is 0 Å². The molecule has 1 saturated heterocycles. The molecule has 1 aromatic heterocycles. The van der Waals surface area contributed by atoms with Crippen LogP contribution in [0.4, 0.5) is 5.69 Å². The third kappa shape index (κ3) is 7.66. The number of unbranched alkanes of at least 4 members (excludes halogenated alkanes) is 1. The average molecular weight is 426 g/mol. The maximum atomic E-state index is 10.5. The van der Waals surface area contributed by atoms with Gasteiger partial charge in [-0.05, 0) is 42.5 Å². The Morgan fingerprint density at radius 1 is 0.893 bits per heavy atom. The summed E-state index contributed by atoms with van der Waals surface area (Å²) in [6, 6.07) is 12.9. The largest absolute Gasteiger partial charge is 0.481 e. The molecule has 7 heteroatoms. The molecular formula is C21H29Cl2N3O2. The van der Waals surface area contributed by atoms with Crippen LogP contribution in [-0.4, -0.2) is 47.1 Å². The predicted octanol–water partition coefficient (Wildman–Crippen LogP) is 4.04. The zero-order valence-electron chi connectivity index (χ0n) is 16.0. The van der Waals surface area contributed by atoms with Crippen LogP contribution in [-0.2, 0) is 17.8 Å². The zero-order chi connectivity index (χ0) is 18.2. The number of rotatable bonds is 8. The van der Waals surface area contributed by atoms with Crippen molar-refractivity contribution in [3.8, 4) is 0 Å². The lowest BCUT2D eigenvalue weighted by atomic mass is 10.0. The number of halogens is 2. The van der Waals surface area contributed by atoms with Crippen LogP contribution in [0.1, 0.15) is 30.4 Å². The molecule has 1 aliphatic heterocycles. The van der Waals surface area contributed by atoms with Gasteiger partial charge in [0.15, 0.2) is 0 Å². The molecule has 2 heterocycles. The first-order valence-corrected chi connectivity index (χ1v) is 9.37. The highest BCUT2D eigenvalue weighted by Crippen LogP contribution is 2.17. The Morgan fingerprint density at radius 2 is 1.50 bits per heavy atom. The highest BCUT2D eigenvalue weighted by atomic mass is 35.5. The van der Waals surface area contributed by atoms with E-state index in [1.54, 1.807) is 0 Å². The van der Waals surface area contributed by atoms with Crippen LogP contribution in [0.25, 0.3) is 0 Å². The molecule has 5 nitrogen and oxygen atoms in total. The molecule has 0 saturated carbocycles. The number of aliphatic carboxylic acids is 1. The molecule has 154 valence electrons. The number of aromatic nitrogens is 1. The van der Waals surface area contributed by atoms with Gasteiger partial charge in [0.25, 0.3) is 0 Å². The van der Waals surface area contributed by atoms with Gasteiger partial charge in [0.05, 0.1) is 0 Å². The lowest BCUT2D eigenvalue weighted by molar-refractivity contribution is -0.137. The maximum absolute atomic E-state index is 10.5. The van der Waals surface area contributed by atoms with Gasteiger partial charge in [0, 0.05) is 57.2 Å². The second-order valence-electron chi connectivity index (χ2n) is 6.89. The first kappa shape index (κ1) is 24.2. The molecule has 2 aromatic rings. The number of nitrogens with zero attached hydrogens (tertiary/aromatic N) is 3. The Balaban J connectivity index is 0.00000196. The van der Waals surface area contributed by atoms with Crippen molar-refractivity contribution >= 4 is 36.5 Å². The molecular weight excluding hydrogens is 397 g/mol. The fourth-order valence-electron chi connectivity index (χ4n) is 3.39. The van der Waals surface area contributed by atoms with Crippen LogP contribution in [0.3, 0.4) is 0 Å². The van der Waals surface area contributed by atoms with Gasteiger partial charge < -0.3 is 10.0 Å². The minimum atomic E-state index is -0.704. The van der Waals surface area contributed by atoms with Crippen molar-refractivity contribution in [3.63, 3.8) is 0 Å². The molecule has 1 N–H and O–H groups in total. The zero-order valence-corrected chi connectivity index (χ0v) is 17.6. The number of carboxylic acid groups (broad SMARTS) is 1. The maximum Gasteiger partial charge on any atom is 0.303 e. The molecule has 0 radical (unpaired) electrons. The van der Waals surface area contributed by atoms with Crippen molar-refractivity contribution in [2.45, 2.75) is 32.2 Å². The second-order valence-corrected chi connectivity index (χ2v) is 6.89. The van der Waals surface area contributed by atoms with Crippen molar-refractivity contribution in [2.75, 3.05) is 31.1 Å². The smallest absolute Gasteiger partial charge is 0.303 e. The molecule has 1 aliphatic rings. The Kier molecular flexibility index (Phi) is 10.9. The Bertz CT molecular complexity index is 691. The molecule has 0 unspecified atom stereocenters. The van der Waals surface area contributed by atoms with Crippen molar-refractivity contribution in [1.82, 2.24) is 9.88 Å². The highest BCUT2D eigenvalue weighted by Gasteiger charge is 2.17. The molecule has 0 aliphatic carbocycles. The Morgan fingerprint density at radius 3 is 2.11 bits per heavy atom. The summed E-state index contributed by atoms with van der Waals surface area (Å²) in [7, 11) is 0. The summed E-state index contributed by atoms with van der Waals surface area (Å²) in [6.45, 7) is 5.22. The van der Waals surface area contributed by atoms with Gasteiger partial charge >= 0.3 is 5.97 Å². The normalized spacial score (nSPS) is 14.1. The molecule has 1 fully saturated rings. The van der Waals surface area contributed by atoms with E-state index in [4.69, 9.17) is 5.11 Å². The van der Waals surface area contributed by atoms with E-state index in [-0.39, 0.29) is 31.2 Å². The van der Waals surface area contributed by atoms with E-state index in [0.717, 1.165) is 52.0 Å². The lowest BCUT2D eigenvalue weighted by Crippen LogP contribution is -2.45. The Labute approximate surface area is 179 Å². The van der Waals surface area contributed by atoms with Gasteiger partial charge in [0.1, 0.15) is 0 Å². The third-order valence-electron chi connectivity index (χ3n) is 4.94. The van der Waals surface area contributed by atoms with Crippen LogP contribution in [0.5, 0.6) is 0 Å². The summed E-state index contributed by atoms with van der Waals surface area (Å²) in [6.07, 6.45) is 6.61. The van der Waals surface area contributed by atoms with Crippen molar-refractivity contribution in [1.29, 1.82) is 0 Å². The number of hydrogen-bond donors (Lipinski definition) is 1. The van der Waals surface area contributed by atoms with Crippen molar-refractivity contribution in [3.05, 3.63) is 59.9 Å². The van der Waals surface area contributed by atoms with E-state index in [2.05, 4.69) is 51.2 Å². The minimum Gasteiger partial charge on any atom is -0.481 e. The molecule has 3 rings (SSSR count). The molecule has 1 aromatic carbocycles. The van der Waals surface area contributed by atoms with Crippen LogP contribution >= 0.6 is 24.8 Å². The molecule has 0 amide bonds. The number of hydrogen-bond acceptors (Lipinski definition) is 4. The molecule has 0 spiro atoms. The lowest BCUT2D eigenvalue weighted by Gasteiger charge is -2.36. The average Bonchev–Trinajstić information content (AvgIpc) is 2.68. The first-order valence-electron chi connectivity index (χ1n) is 9.37. The van der Waals surface area contributed by atoms with Crippen molar-refractivity contribution in [2.24, 2.45) is 0 Å². The fraction of sp³-hybridized carbons (Fsp3) is 0.429. The monoisotopic (exact) mass is 425 g/mol. The number of benzene rings is 1. The van der Waals surface area contributed by atoms with Crippen LogP contribution in [0.2, 0.25) is 0 Å². The number of anilines is 1. The summed E-state index contributed by atoms with van der Waals surface area (Å²) in [5, 5.41) is 8.67. The predicted molar refractivity (Wildman–Crippen MR) is 118 cm³/mol. The third-order valence-corrected chi connectivity index (χ3v) is 4.94. The number of piperazine rings is 1. The minimum absolute atomic E-state index is 0. The SMILES string of the molecule is Cl.Cl.O=C(O)CCCCc1ccc(CN2CCN(c3ccncc3)CC2)cc1. The molecule has 0 atom stereocenters. The van der Waals surface area contributed by atoms with E-state index in [9.17, 15) is 4.79 Å². The van der Waals surface area contributed by atoms with E-state index in [1.165, 1.54) is 16.8 Å². The summed E-state index contributed by atoms with van der Waals surface area (Å²) in [5.74, 6) is -0.704. The highest BCUT2D eigenvalue weighted by molar-refractivity contribution is 5.85. The van der Waals surface area contributed by atoms with Gasteiger partial charge in [-0.2, -0.15) is 0 Å². The number of carboxylic acids is 1. The summed E-state index contributed by atoms with van der Waals surface area (Å²) >= 11 is 0. The van der Waals surface area contributed by atoms with E-state index in [0.29, 0.717) is 0 Å². The fourth-order valence-corrected chi connectivity index (χ4v) is 3.39. The van der Waals surface area contributed by atoms with Crippen molar-refractivity contribution < 1.29 is 9.90 Å². The standard InChI is InChI=1S/C21H27N3O2.2ClH/c25-21(26)4-2-1-3-18-5-7-19(8-6-18)17-23-13-15-24(16-14-23)20-9-11-22-12-10-20;;/h5-12H,1-4,13-17H2,(H,25,26);2*1H. The van der Waals surface area contributed by atoms with E-state index < -0.39 is 5.97 Å². The number of carbonyl (C=O) groups is 1. The second kappa shape index (κ2) is 12.6. The summed E-state index contributed by atoms with van der Waals surface area (Å²) in [5.41, 5.74) is 3.89. The number of aryl methyl sites for hydroxylation is 1. The van der Waals surface area contributed by atoms with E-state index >= 15 is 0 Å². The van der Waals surface area contributed by atoms with Gasteiger partial charge in [-0.1, -0.05) is 24.3 Å². The molecule has 28 heavy (non-hydrogen) atoms.